The Balaban J connectivity index is 3.14. The number of carbonyl (C=O) groups is 1. The standard InChI is InChI=1S/C8H18N2O2/c1-4-9-8(11)7-12-6-5-10(2)3/h4-7H2,1-3H3,(H,9,11). The first-order chi connectivity index (χ1) is 5.66. The van der Waals surface area contributed by atoms with E-state index < -0.39 is 0 Å². The van der Waals surface area contributed by atoms with Crippen LogP contribution in [0.4, 0.5) is 0 Å². The van der Waals surface area contributed by atoms with Gasteiger partial charge in [0.25, 0.3) is 0 Å². The Morgan fingerprint density at radius 2 is 2.17 bits per heavy atom. The van der Waals surface area contributed by atoms with Crippen molar-refractivity contribution in [3.05, 3.63) is 0 Å². The van der Waals surface area contributed by atoms with E-state index in [-0.39, 0.29) is 12.5 Å². The summed E-state index contributed by atoms with van der Waals surface area (Å²) < 4.78 is 5.11. The molecule has 0 aliphatic carbocycles. The summed E-state index contributed by atoms with van der Waals surface area (Å²) in [6.45, 7) is 4.17. The molecule has 0 aromatic rings. The summed E-state index contributed by atoms with van der Waals surface area (Å²) in [5.74, 6) is -0.0451. The summed E-state index contributed by atoms with van der Waals surface area (Å²) in [4.78, 5) is 12.8. The fourth-order valence-electron chi connectivity index (χ4n) is 0.660. The van der Waals surface area contributed by atoms with Crippen molar-refractivity contribution < 1.29 is 9.53 Å². The maximum atomic E-state index is 10.8. The smallest absolute Gasteiger partial charge is 0.245 e. The van der Waals surface area contributed by atoms with E-state index in [1.54, 1.807) is 0 Å². The minimum absolute atomic E-state index is 0.0451. The minimum Gasteiger partial charge on any atom is -0.370 e. The van der Waals surface area contributed by atoms with Crippen LogP contribution < -0.4 is 5.32 Å². The topological polar surface area (TPSA) is 41.6 Å². The van der Waals surface area contributed by atoms with Gasteiger partial charge in [0.05, 0.1) is 6.61 Å². The molecule has 12 heavy (non-hydrogen) atoms. The first-order valence-corrected chi connectivity index (χ1v) is 4.16. The highest BCUT2D eigenvalue weighted by atomic mass is 16.5. The first-order valence-electron chi connectivity index (χ1n) is 4.16. The van der Waals surface area contributed by atoms with E-state index in [0.29, 0.717) is 13.2 Å². The van der Waals surface area contributed by atoms with Crippen molar-refractivity contribution in [2.45, 2.75) is 6.92 Å². The van der Waals surface area contributed by atoms with Gasteiger partial charge in [-0.15, -0.1) is 0 Å². The van der Waals surface area contributed by atoms with Crippen molar-refractivity contribution in [3.8, 4) is 0 Å². The normalized spacial score (nSPS) is 10.3. The largest absolute Gasteiger partial charge is 0.370 e. The zero-order valence-electron chi connectivity index (χ0n) is 8.09. The lowest BCUT2D eigenvalue weighted by atomic mass is 10.6. The number of likely N-dealkylation sites (N-methyl/N-ethyl adjacent to an activating group) is 2. The number of carbonyl (C=O) groups excluding carboxylic acids is 1. The predicted molar refractivity (Wildman–Crippen MR) is 48.1 cm³/mol. The Kier molecular flexibility index (Phi) is 6.70. The summed E-state index contributed by atoms with van der Waals surface area (Å²) >= 11 is 0. The van der Waals surface area contributed by atoms with Gasteiger partial charge in [-0.25, -0.2) is 0 Å². The average Bonchev–Trinajstić information content (AvgIpc) is 1.98. The van der Waals surface area contributed by atoms with Crippen molar-refractivity contribution in [2.75, 3.05) is 40.4 Å². The number of amides is 1. The lowest BCUT2D eigenvalue weighted by Gasteiger charge is -2.09. The van der Waals surface area contributed by atoms with Crippen LogP contribution in [0.1, 0.15) is 6.92 Å². The second-order valence-corrected chi connectivity index (χ2v) is 2.81. The molecule has 0 aliphatic rings. The van der Waals surface area contributed by atoms with Gasteiger partial charge in [-0.1, -0.05) is 0 Å². The zero-order chi connectivity index (χ0) is 9.40. The van der Waals surface area contributed by atoms with E-state index in [1.807, 2.05) is 25.9 Å². The van der Waals surface area contributed by atoms with Gasteiger partial charge in [0.15, 0.2) is 0 Å². The van der Waals surface area contributed by atoms with Crippen molar-refractivity contribution in [2.24, 2.45) is 0 Å². The lowest BCUT2D eigenvalue weighted by molar-refractivity contribution is -0.125. The molecule has 0 unspecified atom stereocenters. The number of ether oxygens (including phenoxy) is 1. The molecule has 0 heterocycles. The summed E-state index contributed by atoms with van der Waals surface area (Å²) in [5, 5.41) is 2.66. The van der Waals surface area contributed by atoms with Gasteiger partial charge in [0, 0.05) is 13.1 Å². The Bertz CT molecular complexity index is 126. The third-order valence-corrected chi connectivity index (χ3v) is 1.29. The maximum absolute atomic E-state index is 10.8. The predicted octanol–water partition coefficient (Wildman–Crippen LogP) is -0.299. The van der Waals surface area contributed by atoms with Crippen LogP contribution in [0, 0.1) is 0 Å². The van der Waals surface area contributed by atoms with Crippen molar-refractivity contribution in [3.63, 3.8) is 0 Å². The van der Waals surface area contributed by atoms with Crippen LogP contribution in [0.3, 0.4) is 0 Å². The molecule has 4 nitrogen and oxygen atoms in total. The van der Waals surface area contributed by atoms with Gasteiger partial charge in [-0.3, -0.25) is 4.79 Å². The molecular formula is C8H18N2O2. The summed E-state index contributed by atoms with van der Waals surface area (Å²) in [7, 11) is 3.94. The molecular weight excluding hydrogens is 156 g/mol. The molecule has 0 bridgehead atoms. The Hall–Kier alpha value is -0.610. The average molecular weight is 174 g/mol. The van der Waals surface area contributed by atoms with Crippen LogP contribution in [0.25, 0.3) is 0 Å². The maximum Gasteiger partial charge on any atom is 0.245 e. The number of rotatable bonds is 6. The Morgan fingerprint density at radius 1 is 1.50 bits per heavy atom. The first kappa shape index (κ1) is 11.4. The monoisotopic (exact) mass is 174 g/mol. The van der Waals surface area contributed by atoms with E-state index >= 15 is 0 Å². The Labute approximate surface area is 73.9 Å². The molecule has 0 spiro atoms. The number of hydrogen-bond acceptors (Lipinski definition) is 3. The van der Waals surface area contributed by atoms with Gasteiger partial charge in [-0.05, 0) is 21.0 Å². The third kappa shape index (κ3) is 7.50. The van der Waals surface area contributed by atoms with Crippen LogP contribution in [-0.4, -0.2) is 51.2 Å². The van der Waals surface area contributed by atoms with Gasteiger partial charge in [0.1, 0.15) is 6.61 Å². The highest BCUT2D eigenvalue weighted by Gasteiger charge is 1.98. The van der Waals surface area contributed by atoms with Gasteiger partial charge < -0.3 is 15.0 Å². The number of nitrogens with zero attached hydrogens (tertiary/aromatic N) is 1. The number of nitrogens with one attached hydrogen (secondary N) is 1. The molecule has 0 saturated carbocycles. The molecule has 0 fully saturated rings. The summed E-state index contributed by atoms with van der Waals surface area (Å²) in [5.41, 5.74) is 0. The van der Waals surface area contributed by atoms with Crippen LogP contribution in [0.15, 0.2) is 0 Å². The fourth-order valence-corrected chi connectivity index (χ4v) is 0.660. The molecule has 0 saturated heterocycles. The quantitative estimate of drug-likeness (QED) is 0.562. The molecule has 4 heteroatoms. The second-order valence-electron chi connectivity index (χ2n) is 2.81. The highest BCUT2D eigenvalue weighted by molar-refractivity contribution is 5.77. The second kappa shape index (κ2) is 7.06. The molecule has 0 aromatic carbocycles. The SMILES string of the molecule is CCNC(=O)COCCN(C)C. The van der Waals surface area contributed by atoms with E-state index in [9.17, 15) is 4.79 Å². The molecule has 1 amide bonds. The van der Waals surface area contributed by atoms with Crippen LogP contribution in [0.5, 0.6) is 0 Å². The van der Waals surface area contributed by atoms with E-state index in [4.69, 9.17) is 4.74 Å². The van der Waals surface area contributed by atoms with E-state index in [0.717, 1.165) is 6.54 Å². The zero-order valence-corrected chi connectivity index (χ0v) is 8.09. The molecule has 0 aromatic heterocycles. The van der Waals surface area contributed by atoms with E-state index in [1.165, 1.54) is 0 Å². The molecule has 0 rings (SSSR count). The van der Waals surface area contributed by atoms with Crippen LogP contribution in [0.2, 0.25) is 0 Å². The van der Waals surface area contributed by atoms with Crippen molar-refractivity contribution in [1.29, 1.82) is 0 Å². The lowest BCUT2D eigenvalue weighted by Crippen LogP contribution is -2.28. The van der Waals surface area contributed by atoms with Crippen molar-refractivity contribution in [1.82, 2.24) is 10.2 Å². The molecule has 72 valence electrons. The van der Waals surface area contributed by atoms with Gasteiger partial charge in [0.2, 0.25) is 5.91 Å². The van der Waals surface area contributed by atoms with Gasteiger partial charge >= 0.3 is 0 Å². The molecule has 0 radical (unpaired) electrons. The van der Waals surface area contributed by atoms with Crippen molar-refractivity contribution >= 4 is 5.91 Å². The summed E-state index contributed by atoms with van der Waals surface area (Å²) in [6, 6.07) is 0. The van der Waals surface area contributed by atoms with Crippen LogP contribution >= 0.6 is 0 Å². The van der Waals surface area contributed by atoms with Crippen LogP contribution in [-0.2, 0) is 9.53 Å². The highest BCUT2D eigenvalue weighted by Crippen LogP contribution is 1.78. The third-order valence-electron chi connectivity index (χ3n) is 1.29. The van der Waals surface area contributed by atoms with Gasteiger partial charge in [-0.2, -0.15) is 0 Å². The number of hydrogen-bond donors (Lipinski definition) is 1. The molecule has 1 N–H and O–H groups in total. The fraction of sp³-hybridized carbons (Fsp3) is 0.875. The molecule has 0 aliphatic heterocycles. The minimum atomic E-state index is -0.0451. The Morgan fingerprint density at radius 3 is 2.67 bits per heavy atom. The van der Waals surface area contributed by atoms with E-state index in [2.05, 4.69) is 5.32 Å². The summed E-state index contributed by atoms with van der Waals surface area (Å²) in [6.07, 6.45) is 0. The molecule has 0 atom stereocenters.